The fourth-order valence-electron chi connectivity index (χ4n) is 3.39. The van der Waals surface area contributed by atoms with E-state index in [0.717, 1.165) is 4.90 Å². The number of thiol groups is 1. The largest absolute Gasteiger partial charge is 0.142 e. The Hall–Kier alpha value is -2.15. The summed E-state index contributed by atoms with van der Waals surface area (Å²) in [5.74, 6) is 0. The second kappa shape index (κ2) is 12.2. The van der Waals surface area contributed by atoms with Crippen LogP contribution in [0.15, 0.2) is 171 Å². The van der Waals surface area contributed by atoms with Gasteiger partial charge in [0.25, 0.3) is 0 Å². The minimum atomic E-state index is 0.994. The predicted octanol–water partition coefficient (Wildman–Crippen LogP) is 10.6. The molecule has 0 aliphatic rings. The van der Waals surface area contributed by atoms with Gasteiger partial charge in [0.05, 0.1) is 0 Å². The van der Waals surface area contributed by atoms with Gasteiger partial charge in [-0.2, -0.15) is 0 Å². The molecule has 0 radical (unpaired) electrons. The fourth-order valence-corrected chi connectivity index (χ4v) is 8.43. The molecule has 0 unspecified atom stereocenters. The number of hydrogen-bond acceptors (Lipinski definition) is 5. The summed E-state index contributed by atoms with van der Waals surface area (Å²) in [5.41, 5.74) is 0. The van der Waals surface area contributed by atoms with Gasteiger partial charge in [-0.1, -0.05) is 120 Å². The van der Waals surface area contributed by atoms with Crippen LogP contribution in [0.5, 0.6) is 0 Å². The third kappa shape index (κ3) is 6.54. The Morgan fingerprint density at radius 3 is 1.14 bits per heavy atom. The lowest BCUT2D eigenvalue weighted by atomic mass is 10.3. The normalized spacial score (nSPS) is 10.9. The molecule has 0 bridgehead atoms. The highest BCUT2D eigenvalue weighted by Gasteiger charge is 2.21. The van der Waals surface area contributed by atoms with Crippen LogP contribution in [0.1, 0.15) is 0 Å². The molecule has 5 rings (SSSR count). The minimum absolute atomic E-state index is 0.994. The Balaban J connectivity index is 1.68. The van der Waals surface area contributed by atoms with Crippen LogP contribution in [0, 0.1) is 0 Å². The Labute approximate surface area is 229 Å². The zero-order valence-electron chi connectivity index (χ0n) is 18.7. The highest BCUT2D eigenvalue weighted by atomic mass is 32.2. The zero-order chi connectivity index (χ0) is 23.9. The third-order valence-corrected chi connectivity index (χ3v) is 10.3. The fraction of sp³-hybridized carbons (Fsp3) is 0. The molecule has 0 aliphatic carbocycles. The molecule has 0 atom stereocenters. The molecule has 5 heteroatoms. The molecule has 0 aromatic heterocycles. The lowest BCUT2D eigenvalue weighted by Crippen LogP contribution is -1.91. The van der Waals surface area contributed by atoms with Gasteiger partial charge >= 0.3 is 0 Å². The van der Waals surface area contributed by atoms with Gasteiger partial charge < -0.3 is 0 Å². The van der Waals surface area contributed by atoms with Gasteiger partial charge in [-0.05, 0) is 54.6 Å². The first-order chi connectivity index (χ1) is 17.3. The van der Waals surface area contributed by atoms with E-state index in [1.165, 1.54) is 39.2 Å². The van der Waals surface area contributed by atoms with E-state index in [-0.39, 0.29) is 0 Å². The maximum absolute atomic E-state index is 5.02. The average Bonchev–Trinajstić information content (AvgIpc) is 2.91. The molecule has 172 valence electrons. The lowest BCUT2D eigenvalue weighted by molar-refractivity contribution is 0.960. The molecule has 0 saturated heterocycles. The molecule has 0 spiro atoms. The molecule has 0 fully saturated rings. The van der Waals surface area contributed by atoms with E-state index in [0.29, 0.717) is 0 Å². The van der Waals surface area contributed by atoms with E-state index in [1.54, 1.807) is 23.5 Å². The van der Waals surface area contributed by atoms with E-state index in [4.69, 9.17) is 12.6 Å². The first-order valence-corrected chi connectivity index (χ1v) is 14.8. The molecule has 35 heavy (non-hydrogen) atoms. The summed E-state index contributed by atoms with van der Waals surface area (Å²) in [6.45, 7) is 0. The third-order valence-electron chi connectivity index (χ3n) is 5.00. The Morgan fingerprint density at radius 1 is 0.371 bits per heavy atom. The smallest absolute Gasteiger partial charge is 0.0424 e. The standard InChI is InChI=1S/C30H22S5/c31-26-21-27(32-22-13-5-1-6-14-22)29(34-24-17-9-3-10-18-24)30(35-25-19-11-4-12-20-25)28(26)33-23-15-7-2-8-16-23/h1-21,31H. The zero-order valence-corrected chi connectivity index (χ0v) is 22.9. The monoisotopic (exact) mass is 542 g/mol. The summed E-state index contributed by atoms with van der Waals surface area (Å²) in [6, 6.07) is 44.6. The summed E-state index contributed by atoms with van der Waals surface area (Å²) in [4.78, 5) is 10.8. The van der Waals surface area contributed by atoms with Gasteiger partial charge in [0.15, 0.2) is 0 Å². The Morgan fingerprint density at radius 2 is 0.714 bits per heavy atom. The number of hydrogen-bond donors (Lipinski definition) is 1. The van der Waals surface area contributed by atoms with E-state index in [2.05, 4.69) is 127 Å². The summed E-state index contributed by atoms with van der Waals surface area (Å²) < 4.78 is 0. The molecular formula is C30H22S5. The summed E-state index contributed by atoms with van der Waals surface area (Å²) in [6.07, 6.45) is 0. The lowest BCUT2D eigenvalue weighted by Gasteiger charge is -2.20. The highest BCUT2D eigenvalue weighted by Crippen LogP contribution is 2.52. The molecule has 0 amide bonds. The maximum Gasteiger partial charge on any atom is 0.0424 e. The Bertz CT molecular complexity index is 1370. The minimum Gasteiger partial charge on any atom is -0.142 e. The molecular weight excluding hydrogens is 521 g/mol. The van der Waals surface area contributed by atoms with Crippen LogP contribution in [0.3, 0.4) is 0 Å². The van der Waals surface area contributed by atoms with Crippen molar-refractivity contribution in [3.63, 3.8) is 0 Å². The molecule has 0 aliphatic heterocycles. The Kier molecular flexibility index (Phi) is 8.55. The van der Waals surface area contributed by atoms with Crippen molar-refractivity contribution in [1.29, 1.82) is 0 Å². The maximum atomic E-state index is 5.02. The van der Waals surface area contributed by atoms with Gasteiger partial charge in [-0.25, -0.2) is 0 Å². The quantitative estimate of drug-likeness (QED) is 0.194. The van der Waals surface area contributed by atoms with Crippen molar-refractivity contribution in [2.75, 3.05) is 0 Å². The van der Waals surface area contributed by atoms with Crippen molar-refractivity contribution in [3.8, 4) is 0 Å². The van der Waals surface area contributed by atoms with Crippen LogP contribution in [-0.2, 0) is 0 Å². The van der Waals surface area contributed by atoms with Gasteiger partial charge in [0, 0.05) is 44.1 Å². The first kappa shape index (κ1) is 24.5. The van der Waals surface area contributed by atoms with Crippen LogP contribution in [0.4, 0.5) is 0 Å². The van der Waals surface area contributed by atoms with Crippen LogP contribution in [-0.4, -0.2) is 0 Å². The van der Waals surface area contributed by atoms with Gasteiger partial charge in [-0.15, -0.1) is 12.6 Å². The van der Waals surface area contributed by atoms with E-state index >= 15 is 0 Å². The van der Waals surface area contributed by atoms with Crippen molar-refractivity contribution in [1.82, 2.24) is 0 Å². The molecule has 5 aromatic carbocycles. The molecule has 0 heterocycles. The summed E-state index contributed by atoms with van der Waals surface area (Å²) in [7, 11) is 0. The van der Waals surface area contributed by atoms with Crippen molar-refractivity contribution >= 4 is 59.7 Å². The predicted molar refractivity (Wildman–Crippen MR) is 156 cm³/mol. The van der Waals surface area contributed by atoms with Crippen LogP contribution in [0.25, 0.3) is 0 Å². The van der Waals surface area contributed by atoms with Crippen molar-refractivity contribution in [2.24, 2.45) is 0 Å². The van der Waals surface area contributed by atoms with Crippen LogP contribution >= 0.6 is 59.7 Å². The molecule has 0 N–H and O–H groups in total. The number of rotatable bonds is 8. The second-order valence-electron chi connectivity index (χ2n) is 7.54. The van der Waals surface area contributed by atoms with E-state index < -0.39 is 0 Å². The molecule has 0 nitrogen and oxygen atoms in total. The number of benzene rings is 5. The molecule has 0 saturated carbocycles. The second-order valence-corrected chi connectivity index (χ2v) is 12.4. The van der Waals surface area contributed by atoms with Crippen molar-refractivity contribution in [2.45, 2.75) is 44.1 Å². The average molecular weight is 543 g/mol. The van der Waals surface area contributed by atoms with Gasteiger partial charge in [0.2, 0.25) is 0 Å². The highest BCUT2D eigenvalue weighted by molar-refractivity contribution is 8.05. The van der Waals surface area contributed by atoms with E-state index in [1.807, 2.05) is 23.5 Å². The van der Waals surface area contributed by atoms with Crippen LogP contribution < -0.4 is 0 Å². The molecule has 5 aromatic rings. The first-order valence-electron chi connectivity index (χ1n) is 11.1. The van der Waals surface area contributed by atoms with Gasteiger partial charge in [0.1, 0.15) is 0 Å². The topological polar surface area (TPSA) is 0 Å². The van der Waals surface area contributed by atoms with Gasteiger partial charge in [-0.3, -0.25) is 0 Å². The van der Waals surface area contributed by atoms with E-state index in [9.17, 15) is 0 Å². The summed E-state index contributed by atoms with van der Waals surface area (Å²) in [5, 5.41) is 0. The van der Waals surface area contributed by atoms with Crippen LogP contribution in [0.2, 0.25) is 0 Å². The summed E-state index contributed by atoms with van der Waals surface area (Å²) >= 11 is 12.2. The van der Waals surface area contributed by atoms with Crippen molar-refractivity contribution in [3.05, 3.63) is 127 Å². The SMILES string of the molecule is Sc1cc(Sc2ccccc2)c(Sc2ccccc2)c(Sc2ccccc2)c1Sc1ccccc1. The van der Waals surface area contributed by atoms with Crippen molar-refractivity contribution < 1.29 is 0 Å².